The number of hydrogen-bond donors (Lipinski definition) is 2. The topological polar surface area (TPSA) is 87.5 Å². The molecule has 1 heterocycles. The summed E-state index contributed by atoms with van der Waals surface area (Å²) in [5, 5.41) is 14.8. The van der Waals surface area contributed by atoms with Crippen molar-refractivity contribution in [2.24, 2.45) is 0 Å². The monoisotopic (exact) mass is 243 g/mol. The maximum absolute atomic E-state index is 9.10. The molecule has 1 aromatic heterocycles. The average molecular weight is 243 g/mol. The summed E-state index contributed by atoms with van der Waals surface area (Å²) < 4.78 is 0. The minimum Gasteiger partial charge on any atom is -0.473 e. The van der Waals surface area contributed by atoms with Crippen molar-refractivity contribution >= 4 is 23.7 Å². The molecule has 5 nitrogen and oxygen atoms in total. The van der Waals surface area contributed by atoms with Crippen molar-refractivity contribution in [2.75, 3.05) is 12.0 Å². The molecule has 0 unspecified atom stereocenters. The van der Waals surface area contributed by atoms with E-state index in [0.29, 0.717) is 0 Å². The van der Waals surface area contributed by atoms with Gasteiger partial charge in [0.1, 0.15) is 0 Å². The van der Waals surface area contributed by atoms with Gasteiger partial charge >= 0.3 is 11.9 Å². The highest BCUT2D eigenvalue weighted by Crippen LogP contribution is 2.01. The molecule has 0 saturated carbocycles. The third-order valence-electron chi connectivity index (χ3n) is 1.53. The van der Waals surface area contributed by atoms with Gasteiger partial charge in [-0.3, -0.25) is 4.98 Å². The summed E-state index contributed by atoms with van der Waals surface area (Å²) >= 11 is 1.88. The first-order valence-electron chi connectivity index (χ1n) is 4.42. The lowest BCUT2D eigenvalue weighted by Gasteiger charge is -1.95. The molecule has 0 aliphatic carbocycles. The van der Waals surface area contributed by atoms with Crippen LogP contribution in [-0.4, -0.2) is 39.1 Å². The zero-order chi connectivity index (χ0) is 12.4. The molecule has 0 aliphatic heterocycles. The third kappa shape index (κ3) is 7.81. The SMILES string of the molecule is CSCCc1ccncc1.O=C(O)C(=O)O. The second-order valence-corrected chi connectivity index (χ2v) is 3.69. The van der Waals surface area contributed by atoms with Crippen LogP contribution in [-0.2, 0) is 16.0 Å². The summed E-state index contributed by atoms with van der Waals surface area (Å²) in [7, 11) is 0. The van der Waals surface area contributed by atoms with E-state index in [4.69, 9.17) is 19.8 Å². The molecule has 0 fully saturated rings. The minimum absolute atomic E-state index is 1.16. The van der Waals surface area contributed by atoms with Crippen LogP contribution in [0, 0.1) is 0 Å². The zero-order valence-electron chi connectivity index (χ0n) is 8.79. The predicted octanol–water partition coefficient (Wildman–Crippen LogP) is 1.14. The van der Waals surface area contributed by atoms with Gasteiger partial charge in [-0.25, -0.2) is 9.59 Å². The molecule has 0 saturated heterocycles. The quantitative estimate of drug-likeness (QED) is 0.774. The van der Waals surface area contributed by atoms with E-state index in [0.717, 1.165) is 6.42 Å². The van der Waals surface area contributed by atoms with E-state index in [9.17, 15) is 0 Å². The van der Waals surface area contributed by atoms with Gasteiger partial charge in [-0.2, -0.15) is 11.8 Å². The highest BCUT2D eigenvalue weighted by atomic mass is 32.2. The Bertz CT molecular complexity index is 317. The predicted molar refractivity (Wildman–Crippen MR) is 61.6 cm³/mol. The Balaban J connectivity index is 0.000000325. The number of aryl methyl sites for hydroxylation is 1. The molecule has 0 spiro atoms. The lowest BCUT2D eigenvalue weighted by Crippen LogP contribution is -2.09. The van der Waals surface area contributed by atoms with E-state index >= 15 is 0 Å². The Morgan fingerprint density at radius 3 is 2.12 bits per heavy atom. The van der Waals surface area contributed by atoms with Gasteiger partial charge in [-0.15, -0.1) is 0 Å². The van der Waals surface area contributed by atoms with Gasteiger partial charge in [-0.05, 0) is 36.1 Å². The molecule has 0 aliphatic rings. The second kappa shape index (κ2) is 8.72. The van der Waals surface area contributed by atoms with Crippen molar-refractivity contribution in [1.29, 1.82) is 0 Å². The van der Waals surface area contributed by atoms with Crippen LogP contribution in [0.3, 0.4) is 0 Å². The fourth-order valence-corrected chi connectivity index (χ4v) is 1.21. The van der Waals surface area contributed by atoms with Gasteiger partial charge in [-0.1, -0.05) is 0 Å². The van der Waals surface area contributed by atoms with Crippen LogP contribution in [0.15, 0.2) is 24.5 Å². The fraction of sp³-hybridized carbons (Fsp3) is 0.300. The molecule has 2 N–H and O–H groups in total. The van der Waals surface area contributed by atoms with Crippen molar-refractivity contribution < 1.29 is 19.8 Å². The van der Waals surface area contributed by atoms with Gasteiger partial charge in [0.25, 0.3) is 0 Å². The number of pyridine rings is 1. The van der Waals surface area contributed by atoms with E-state index in [2.05, 4.69) is 23.4 Å². The van der Waals surface area contributed by atoms with E-state index < -0.39 is 11.9 Å². The lowest BCUT2D eigenvalue weighted by atomic mass is 10.2. The molecule has 0 atom stereocenters. The zero-order valence-corrected chi connectivity index (χ0v) is 9.61. The van der Waals surface area contributed by atoms with Gasteiger partial charge in [0.05, 0.1) is 0 Å². The Morgan fingerprint density at radius 1 is 1.25 bits per heavy atom. The van der Waals surface area contributed by atoms with Crippen LogP contribution < -0.4 is 0 Å². The normalized spacial score (nSPS) is 8.81. The number of carbonyl (C=O) groups is 2. The molecule has 0 amide bonds. The summed E-state index contributed by atoms with van der Waals surface area (Å²) in [6.45, 7) is 0. The van der Waals surface area contributed by atoms with Crippen LogP contribution in [0.25, 0.3) is 0 Å². The molecule has 16 heavy (non-hydrogen) atoms. The molecule has 0 radical (unpaired) electrons. The molecule has 0 bridgehead atoms. The molecule has 88 valence electrons. The fourth-order valence-electron chi connectivity index (χ4n) is 0.769. The first kappa shape index (κ1) is 14.4. The molecule has 0 aromatic carbocycles. The van der Waals surface area contributed by atoms with E-state index in [1.165, 1.54) is 11.3 Å². The number of hydrogen-bond acceptors (Lipinski definition) is 4. The number of carboxylic acids is 2. The first-order valence-corrected chi connectivity index (χ1v) is 5.81. The van der Waals surface area contributed by atoms with Gasteiger partial charge < -0.3 is 10.2 Å². The molecular weight excluding hydrogens is 230 g/mol. The lowest BCUT2D eigenvalue weighted by molar-refractivity contribution is -0.159. The molecule has 1 rings (SSSR count). The van der Waals surface area contributed by atoms with Crippen LogP contribution in [0.4, 0.5) is 0 Å². The van der Waals surface area contributed by atoms with E-state index in [1.807, 2.05) is 24.2 Å². The standard InChI is InChI=1S/C8H11NS.C2H2O4/c1-10-7-4-8-2-5-9-6-3-8;3-1(4)2(5)6/h2-3,5-6H,4,7H2,1H3;(H,3,4)(H,5,6). The summed E-state index contributed by atoms with van der Waals surface area (Å²) in [6.07, 6.45) is 6.97. The van der Waals surface area contributed by atoms with Crippen molar-refractivity contribution in [3.05, 3.63) is 30.1 Å². The number of aliphatic carboxylic acids is 2. The average Bonchev–Trinajstić information content (AvgIpc) is 2.28. The van der Waals surface area contributed by atoms with Crippen molar-refractivity contribution in [3.8, 4) is 0 Å². The van der Waals surface area contributed by atoms with E-state index in [1.54, 1.807) is 0 Å². The van der Waals surface area contributed by atoms with E-state index in [-0.39, 0.29) is 0 Å². The van der Waals surface area contributed by atoms with Crippen molar-refractivity contribution in [1.82, 2.24) is 4.98 Å². The Hall–Kier alpha value is -1.56. The maximum Gasteiger partial charge on any atom is 0.414 e. The second-order valence-electron chi connectivity index (χ2n) is 2.71. The van der Waals surface area contributed by atoms with Crippen LogP contribution in [0.5, 0.6) is 0 Å². The maximum atomic E-state index is 9.10. The van der Waals surface area contributed by atoms with Crippen LogP contribution >= 0.6 is 11.8 Å². The Kier molecular flexibility index (Phi) is 7.87. The summed E-state index contributed by atoms with van der Waals surface area (Å²) in [5.41, 5.74) is 1.38. The summed E-state index contributed by atoms with van der Waals surface area (Å²) in [5.74, 6) is -2.45. The number of rotatable bonds is 3. The molecule has 1 aromatic rings. The number of aromatic nitrogens is 1. The molecular formula is C10H13NO4S. The third-order valence-corrected chi connectivity index (χ3v) is 2.14. The van der Waals surface area contributed by atoms with Gasteiger partial charge in [0.15, 0.2) is 0 Å². The van der Waals surface area contributed by atoms with Gasteiger partial charge in [0.2, 0.25) is 0 Å². The van der Waals surface area contributed by atoms with Crippen molar-refractivity contribution in [2.45, 2.75) is 6.42 Å². The Morgan fingerprint density at radius 2 is 1.75 bits per heavy atom. The highest BCUT2D eigenvalue weighted by Gasteiger charge is 2.04. The number of carboxylic acid groups (broad SMARTS) is 2. The van der Waals surface area contributed by atoms with Crippen molar-refractivity contribution in [3.63, 3.8) is 0 Å². The summed E-state index contributed by atoms with van der Waals surface area (Å²) in [6, 6.07) is 4.13. The van der Waals surface area contributed by atoms with Crippen LogP contribution in [0.1, 0.15) is 5.56 Å². The largest absolute Gasteiger partial charge is 0.473 e. The van der Waals surface area contributed by atoms with Crippen LogP contribution in [0.2, 0.25) is 0 Å². The number of thioether (sulfide) groups is 1. The minimum atomic E-state index is -1.82. The van der Waals surface area contributed by atoms with Gasteiger partial charge in [0, 0.05) is 12.4 Å². The molecule has 6 heteroatoms. The first-order chi connectivity index (χ1) is 7.57. The highest BCUT2D eigenvalue weighted by molar-refractivity contribution is 7.98. The smallest absolute Gasteiger partial charge is 0.414 e. The Labute approximate surface area is 97.5 Å². The number of nitrogens with zero attached hydrogens (tertiary/aromatic N) is 1. The summed E-state index contributed by atoms with van der Waals surface area (Å²) in [4.78, 5) is 22.1.